The number of hydrogen-bond donors (Lipinski definition) is 3. The van der Waals surface area contributed by atoms with Crippen molar-refractivity contribution in [2.45, 2.75) is 25.6 Å². The number of nitrogens with one attached hydrogen (secondary N) is 1. The molecule has 0 rings (SSSR count). The van der Waals surface area contributed by atoms with E-state index in [1.54, 1.807) is 25.7 Å². The Hall–Kier alpha value is -0.100. The highest BCUT2D eigenvalue weighted by molar-refractivity contribution is 7.99. The zero-order chi connectivity index (χ0) is 10.3. The molecule has 0 fully saturated rings. The smallest absolute Gasteiger partial charge is 0.139 e. The molecule has 0 amide bonds. The first kappa shape index (κ1) is 12.9. The zero-order valence-corrected chi connectivity index (χ0v) is 8.93. The summed E-state index contributed by atoms with van der Waals surface area (Å²) in [5, 5.41) is 12.0. The summed E-state index contributed by atoms with van der Waals surface area (Å²) in [7, 11) is 1.76. The van der Waals surface area contributed by atoms with Crippen molar-refractivity contribution in [3.63, 3.8) is 0 Å². The van der Waals surface area contributed by atoms with Crippen molar-refractivity contribution in [1.29, 1.82) is 0 Å². The lowest BCUT2D eigenvalue weighted by Crippen LogP contribution is -2.43. The lowest BCUT2D eigenvalue weighted by atomic mass is 10.2. The van der Waals surface area contributed by atoms with Gasteiger partial charge in [0.05, 0.1) is 5.75 Å². The third kappa shape index (κ3) is 7.01. The Morgan fingerprint density at radius 1 is 1.69 bits per heavy atom. The highest BCUT2D eigenvalue weighted by atomic mass is 32.2. The second kappa shape index (κ2) is 7.32. The van der Waals surface area contributed by atoms with E-state index in [2.05, 4.69) is 5.32 Å². The molecule has 0 saturated carbocycles. The average Bonchev–Trinajstić information content (AvgIpc) is 2.03. The van der Waals surface area contributed by atoms with E-state index in [0.717, 1.165) is 12.2 Å². The first-order valence-corrected chi connectivity index (χ1v) is 5.41. The number of carbonyl (C=O) groups excluding carboxylic acids is 1. The monoisotopic (exact) mass is 206 g/mol. The van der Waals surface area contributed by atoms with Gasteiger partial charge in [0.25, 0.3) is 0 Å². The molecule has 4 nitrogen and oxygen atoms in total. The fourth-order valence-corrected chi connectivity index (χ4v) is 1.76. The van der Waals surface area contributed by atoms with Gasteiger partial charge in [-0.2, -0.15) is 11.8 Å². The van der Waals surface area contributed by atoms with Gasteiger partial charge < -0.3 is 16.2 Å². The van der Waals surface area contributed by atoms with E-state index in [4.69, 9.17) is 10.8 Å². The third-order valence-electron chi connectivity index (χ3n) is 1.66. The van der Waals surface area contributed by atoms with Crippen molar-refractivity contribution >= 4 is 17.5 Å². The van der Waals surface area contributed by atoms with E-state index in [0.29, 0.717) is 5.75 Å². The molecule has 0 aliphatic heterocycles. The molecular formula is C8H18N2O2S. The number of aliphatic hydroxyl groups excluding tert-OH is 1. The number of carbonyl (C=O) groups is 1. The number of hydrogen-bond acceptors (Lipinski definition) is 5. The highest BCUT2D eigenvalue weighted by Gasteiger charge is 2.11. The number of rotatable bonds is 7. The normalized spacial score (nSPS) is 15.4. The van der Waals surface area contributed by atoms with Crippen molar-refractivity contribution in [3.05, 3.63) is 0 Å². The molecule has 0 saturated heterocycles. The van der Waals surface area contributed by atoms with Gasteiger partial charge in [-0.3, -0.25) is 4.79 Å². The standard InChI is InChI=1S/C8H18N2O2S/c1-6(11)5-13-4-3-7(10-2)8(9)12/h7-8,10,12H,3-5,9H2,1-2H3. The van der Waals surface area contributed by atoms with Crippen LogP contribution in [0.5, 0.6) is 0 Å². The third-order valence-corrected chi connectivity index (χ3v) is 2.80. The van der Waals surface area contributed by atoms with Crippen molar-refractivity contribution < 1.29 is 9.90 Å². The van der Waals surface area contributed by atoms with E-state index in [-0.39, 0.29) is 11.8 Å². The maximum Gasteiger partial charge on any atom is 0.139 e. The topological polar surface area (TPSA) is 75.4 Å². The summed E-state index contributed by atoms with van der Waals surface area (Å²) in [6.45, 7) is 1.57. The van der Waals surface area contributed by atoms with Gasteiger partial charge in [0.15, 0.2) is 0 Å². The average molecular weight is 206 g/mol. The molecule has 0 heterocycles. The van der Waals surface area contributed by atoms with Crippen molar-refractivity contribution in [3.8, 4) is 0 Å². The van der Waals surface area contributed by atoms with E-state index >= 15 is 0 Å². The largest absolute Gasteiger partial charge is 0.377 e. The summed E-state index contributed by atoms with van der Waals surface area (Å²) in [4.78, 5) is 10.6. The van der Waals surface area contributed by atoms with Crippen molar-refractivity contribution in [2.75, 3.05) is 18.6 Å². The summed E-state index contributed by atoms with van der Waals surface area (Å²) < 4.78 is 0. The predicted molar refractivity (Wildman–Crippen MR) is 55.7 cm³/mol. The van der Waals surface area contributed by atoms with Crippen LogP contribution in [0.25, 0.3) is 0 Å². The maximum absolute atomic E-state index is 10.6. The quantitative estimate of drug-likeness (QED) is 0.389. The fraction of sp³-hybridized carbons (Fsp3) is 0.875. The van der Waals surface area contributed by atoms with Crippen LogP contribution >= 0.6 is 11.8 Å². The molecule has 0 bridgehead atoms. The minimum Gasteiger partial charge on any atom is -0.377 e. The molecule has 0 aromatic rings. The van der Waals surface area contributed by atoms with Gasteiger partial charge in [-0.1, -0.05) is 0 Å². The minimum absolute atomic E-state index is 0.0838. The first-order valence-electron chi connectivity index (χ1n) is 4.26. The number of aliphatic hydroxyl groups is 1. The van der Waals surface area contributed by atoms with Crippen molar-refractivity contribution in [2.24, 2.45) is 5.73 Å². The van der Waals surface area contributed by atoms with Crippen LogP contribution in [0.1, 0.15) is 13.3 Å². The van der Waals surface area contributed by atoms with Crippen LogP contribution in [0.2, 0.25) is 0 Å². The zero-order valence-electron chi connectivity index (χ0n) is 8.12. The van der Waals surface area contributed by atoms with Gasteiger partial charge in [-0.15, -0.1) is 0 Å². The first-order chi connectivity index (χ1) is 6.07. The number of Topliss-reactive ketones (excluding diaryl/α,β-unsaturated/α-hetero) is 1. The molecule has 4 N–H and O–H groups in total. The molecule has 5 heteroatoms. The van der Waals surface area contributed by atoms with E-state index < -0.39 is 6.23 Å². The molecule has 2 unspecified atom stereocenters. The number of ketones is 1. The van der Waals surface area contributed by atoms with E-state index in [9.17, 15) is 4.79 Å². The lowest BCUT2D eigenvalue weighted by Gasteiger charge is -2.18. The van der Waals surface area contributed by atoms with Crippen molar-refractivity contribution in [1.82, 2.24) is 5.32 Å². The van der Waals surface area contributed by atoms with Gasteiger partial charge in [0, 0.05) is 6.04 Å². The SMILES string of the molecule is CNC(CCSCC(C)=O)C(N)O. The van der Waals surface area contributed by atoms with Crippen LogP contribution in [0.3, 0.4) is 0 Å². The van der Waals surface area contributed by atoms with Gasteiger partial charge in [-0.25, -0.2) is 0 Å². The predicted octanol–water partition coefficient (Wildman–Crippen LogP) is -0.436. The number of nitrogens with two attached hydrogens (primary N) is 1. The Morgan fingerprint density at radius 2 is 2.31 bits per heavy atom. The highest BCUT2D eigenvalue weighted by Crippen LogP contribution is 2.05. The van der Waals surface area contributed by atoms with Gasteiger partial charge in [0.2, 0.25) is 0 Å². The Bertz CT molecular complexity index is 153. The number of thioether (sulfide) groups is 1. The van der Waals surface area contributed by atoms with Crippen LogP contribution in [-0.4, -0.2) is 41.7 Å². The Labute approximate surface area is 83.3 Å². The molecule has 0 aliphatic rings. The summed E-state index contributed by atoms with van der Waals surface area (Å²) in [6.07, 6.45) is -0.0607. The Kier molecular flexibility index (Phi) is 7.26. The van der Waals surface area contributed by atoms with Gasteiger partial charge >= 0.3 is 0 Å². The summed E-state index contributed by atoms with van der Waals surface area (Å²) >= 11 is 1.57. The van der Waals surface area contributed by atoms with Crippen LogP contribution in [0.15, 0.2) is 0 Å². The van der Waals surface area contributed by atoms with Crippen LogP contribution in [0.4, 0.5) is 0 Å². The molecule has 0 spiro atoms. The summed E-state index contributed by atoms with van der Waals surface area (Å²) in [5.74, 6) is 1.55. The molecule has 0 aromatic heterocycles. The minimum atomic E-state index is -0.831. The Balaban J connectivity index is 3.44. The van der Waals surface area contributed by atoms with Crippen LogP contribution < -0.4 is 11.1 Å². The second-order valence-electron chi connectivity index (χ2n) is 2.93. The second-order valence-corrected chi connectivity index (χ2v) is 4.03. The van der Waals surface area contributed by atoms with Gasteiger partial charge in [-0.05, 0) is 26.1 Å². The molecule has 0 radical (unpaired) electrons. The molecule has 78 valence electrons. The molecule has 13 heavy (non-hydrogen) atoms. The molecule has 2 atom stereocenters. The number of likely N-dealkylation sites (N-methyl/N-ethyl adjacent to an activating group) is 1. The summed E-state index contributed by atoms with van der Waals surface area (Å²) in [6, 6.07) is -0.0838. The summed E-state index contributed by atoms with van der Waals surface area (Å²) in [5.41, 5.74) is 5.31. The van der Waals surface area contributed by atoms with Gasteiger partial charge in [0.1, 0.15) is 12.0 Å². The molecule has 0 aliphatic carbocycles. The molecule has 0 aromatic carbocycles. The van der Waals surface area contributed by atoms with E-state index in [1.807, 2.05) is 0 Å². The lowest BCUT2D eigenvalue weighted by molar-refractivity contribution is -0.114. The maximum atomic E-state index is 10.6. The van der Waals surface area contributed by atoms with E-state index in [1.165, 1.54) is 0 Å². The Morgan fingerprint density at radius 3 is 2.69 bits per heavy atom. The van der Waals surface area contributed by atoms with Crippen LogP contribution in [0, 0.1) is 0 Å². The fourth-order valence-electron chi connectivity index (χ4n) is 0.912. The molecular weight excluding hydrogens is 188 g/mol. The van der Waals surface area contributed by atoms with Crippen LogP contribution in [-0.2, 0) is 4.79 Å².